The van der Waals surface area contributed by atoms with Gasteiger partial charge in [-0.2, -0.15) is 0 Å². The highest BCUT2D eigenvalue weighted by molar-refractivity contribution is 6.03. The summed E-state index contributed by atoms with van der Waals surface area (Å²) in [4.78, 5) is 11.3. The molecular formula is C24H19NO2. The van der Waals surface area contributed by atoms with Crippen molar-refractivity contribution in [3.63, 3.8) is 0 Å². The lowest BCUT2D eigenvalue weighted by molar-refractivity contribution is 0.112. The molecule has 0 saturated carbocycles. The average molecular weight is 353 g/mol. The number of ether oxygens (including phenoxy) is 1. The van der Waals surface area contributed by atoms with Crippen LogP contribution in [-0.2, 0) is 6.54 Å². The van der Waals surface area contributed by atoms with Crippen LogP contribution in [-0.4, -0.2) is 6.29 Å². The molecule has 0 aliphatic heterocycles. The molecule has 0 atom stereocenters. The molecule has 132 valence electrons. The highest BCUT2D eigenvalue weighted by Gasteiger charge is 2.05. The SMILES string of the molecule is O=Cc1cccc2c(NCc3cccc(Oc4ccccc4)c3)cccc12. The Labute approximate surface area is 158 Å². The maximum Gasteiger partial charge on any atom is 0.150 e. The quantitative estimate of drug-likeness (QED) is 0.428. The van der Waals surface area contributed by atoms with Gasteiger partial charge in [-0.1, -0.05) is 60.7 Å². The summed E-state index contributed by atoms with van der Waals surface area (Å²) in [6.07, 6.45) is 0.899. The van der Waals surface area contributed by atoms with Gasteiger partial charge in [-0.3, -0.25) is 4.79 Å². The van der Waals surface area contributed by atoms with Crippen LogP contribution in [0.15, 0.2) is 91.0 Å². The predicted octanol–water partition coefficient (Wildman–Crippen LogP) is 6.06. The first-order valence-electron chi connectivity index (χ1n) is 8.86. The Hall–Kier alpha value is -3.59. The number of fused-ring (bicyclic) bond motifs is 1. The first kappa shape index (κ1) is 16.9. The summed E-state index contributed by atoms with van der Waals surface area (Å²) < 4.78 is 5.90. The summed E-state index contributed by atoms with van der Waals surface area (Å²) in [5.41, 5.74) is 2.83. The highest BCUT2D eigenvalue weighted by Crippen LogP contribution is 2.27. The Morgan fingerprint density at radius 1 is 0.741 bits per heavy atom. The van der Waals surface area contributed by atoms with Crippen molar-refractivity contribution >= 4 is 22.7 Å². The van der Waals surface area contributed by atoms with E-state index in [0.29, 0.717) is 12.1 Å². The highest BCUT2D eigenvalue weighted by atomic mass is 16.5. The third-order valence-electron chi connectivity index (χ3n) is 4.44. The van der Waals surface area contributed by atoms with Crippen molar-refractivity contribution in [3.8, 4) is 11.5 Å². The number of para-hydroxylation sites is 1. The summed E-state index contributed by atoms with van der Waals surface area (Å²) in [7, 11) is 0. The minimum atomic E-state index is 0.663. The van der Waals surface area contributed by atoms with E-state index < -0.39 is 0 Å². The van der Waals surface area contributed by atoms with E-state index in [1.54, 1.807) is 0 Å². The third kappa shape index (κ3) is 3.82. The Bertz CT molecular complexity index is 1070. The molecule has 0 aromatic heterocycles. The molecule has 0 aliphatic carbocycles. The molecule has 27 heavy (non-hydrogen) atoms. The summed E-state index contributed by atoms with van der Waals surface area (Å²) in [5.74, 6) is 1.62. The van der Waals surface area contributed by atoms with Crippen molar-refractivity contribution < 1.29 is 9.53 Å². The van der Waals surface area contributed by atoms with E-state index in [1.807, 2.05) is 84.9 Å². The minimum Gasteiger partial charge on any atom is -0.457 e. The van der Waals surface area contributed by atoms with E-state index in [4.69, 9.17) is 4.74 Å². The van der Waals surface area contributed by atoms with Gasteiger partial charge in [0.1, 0.15) is 11.5 Å². The normalized spacial score (nSPS) is 10.5. The average Bonchev–Trinajstić information content (AvgIpc) is 2.73. The van der Waals surface area contributed by atoms with E-state index in [-0.39, 0.29) is 0 Å². The monoisotopic (exact) mass is 353 g/mol. The summed E-state index contributed by atoms with van der Waals surface area (Å²) in [6, 6.07) is 29.5. The maximum atomic E-state index is 11.3. The van der Waals surface area contributed by atoms with Crippen molar-refractivity contribution in [2.75, 3.05) is 5.32 Å². The molecule has 4 rings (SSSR count). The number of anilines is 1. The molecule has 0 aliphatic rings. The van der Waals surface area contributed by atoms with Crippen molar-refractivity contribution in [1.82, 2.24) is 0 Å². The molecule has 0 heterocycles. The molecule has 1 N–H and O–H groups in total. The van der Waals surface area contributed by atoms with Crippen molar-refractivity contribution in [2.45, 2.75) is 6.54 Å². The van der Waals surface area contributed by atoms with Gasteiger partial charge in [0.2, 0.25) is 0 Å². The first-order chi connectivity index (χ1) is 13.3. The standard InChI is InChI=1S/C24H19NO2/c26-17-19-8-5-13-23-22(19)12-6-14-24(23)25-16-18-7-4-11-21(15-18)27-20-9-2-1-3-10-20/h1-15,17,25H,16H2. The zero-order valence-corrected chi connectivity index (χ0v) is 14.8. The topological polar surface area (TPSA) is 38.3 Å². The summed E-state index contributed by atoms with van der Waals surface area (Å²) in [6.45, 7) is 0.663. The molecule has 3 nitrogen and oxygen atoms in total. The molecule has 0 amide bonds. The van der Waals surface area contributed by atoms with Gasteiger partial charge >= 0.3 is 0 Å². The van der Waals surface area contributed by atoms with E-state index in [0.717, 1.165) is 39.8 Å². The second-order valence-corrected chi connectivity index (χ2v) is 6.28. The Balaban J connectivity index is 1.53. The van der Waals surface area contributed by atoms with Gasteiger partial charge in [-0.15, -0.1) is 0 Å². The number of carbonyl (C=O) groups excluding carboxylic acids is 1. The second-order valence-electron chi connectivity index (χ2n) is 6.28. The van der Waals surface area contributed by atoms with Gasteiger partial charge in [-0.05, 0) is 41.3 Å². The van der Waals surface area contributed by atoms with Crippen LogP contribution in [0, 0.1) is 0 Å². The number of hydrogen-bond donors (Lipinski definition) is 1. The van der Waals surface area contributed by atoms with Crippen LogP contribution in [0.5, 0.6) is 11.5 Å². The molecule has 4 aromatic rings. The van der Waals surface area contributed by atoms with E-state index in [2.05, 4.69) is 11.4 Å². The lowest BCUT2D eigenvalue weighted by Gasteiger charge is -2.12. The van der Waals surface area contributed by atoms with Crippen LogP contribution in [0.3, 0.4) is 0 Å². The van der Waals surface area contributed by atoms with E-state index >= 15 is 0 Å². The number of carbonyl (C=O) groups is 1. The largest absolute Gasteiger partial charge is 0.457 e. The number of rotatable bonds is 6. The van der Waals surface area contributed by atoms with Gasteiger partial charge in [0, 0.05) is 23.2 Å². The predicted molar refractivity (Wildman–Crippen MR) is 110 cm³/mol. The Morgan fingerprint density at radius 3 is 2.33 bits per heavy atom. The van der Waals surface area contributed by atoms with E-state index in [1.165, 1.54) is 0 Å². The number of hydrogen-bond acceptors (Lipinski definition) is 3. The Kier molecular flexibility index (Phi) is 4.84. The van der Waals surface area contributed by atoms with Gasteiger partial charge < -0.3 is 10.1 Å². The van der Waals surface area contributed by atoms with Crippen LogP contribution < -0.4 is 10.1 Å². The van der Waals surface area contributed by atoms with Gasteiger partial charge in [0.25, 0.3) is 0 Å². The molecule has 4 aromatic carbocycles. The zero-order chi connectivity index (χ0) is 18.5. The van der Waals surface area contributed by atoms with Crippen LogP contribution >= 0.6 is 0 Å². The summed E-state index contributed by atoms with van der Waals surface area (Å²) >= 11 is 0. The molecule has 0 spiro atoms. The van der Waals surface area contributed by atoms with Crippen molar-refractivity contribution in [3.05, 3.63) is 102 Å². The number of benzene rings is 4. The first-order valence-corrected chi connectivity index (χ1v) is 8.86. The second kappa shape index (κ2) is 7.75. The number of aldehydes is 1. The van der Waals surface area contributed by atoms with Crippen LogP contribution in [0.1, 0.15) is 15.9 Å². The Morgan fingerprint density at radius 2 is 1.48 bits per heavy atom. The lowest BCUT2D eigenvalue weighted by atomic mass is 10.0. The fourth-order valence-electron chi connectivity index (χ4n) is 3.13. The molecular weight excluding hydrogens is 334 g/mol. The fraction of sp³-hybridized carbons (Fsp3) is 0.0417. The lowest BCUT2D eigenvalue weighted by Crippen LogP contribution is -2.00. The van der Waals surface area contributed by atoms with Gasteiger partial charge in [-0.25, -0.2) is 0 Å². The van der Waals surface area contributed by atoms with E-state index in [9.17, 15) is 4.79 Å². The van der Waals surface area contributed by atoms with Crippen LogP contribution in [0.2, 0.25) is 0 Å². The smallest absolute Gasteiger partial charge is 0.150 e. The maximum absolute atomic E-state index is 11.3. The van der Waals surface area contributed by atoms with Crippen molar-refractivity contribution in [1.29, 1.82) is 0 Å². The van der Waals surface area contributed by atoms with Crippen LogP contribution in [0.4, 0.5) is 5.69 Å². The fourth-order valence-corrected chi connectivity index (χ4v) is 3.13. The molecule has 0 radical (unpaired) electrons. The minimum absolute atomic E-state index is 0.663. The van der Waals surface area contributed by atoms with Crippen molar-refractivity contribution in [2.24, 2.45) is 0 Å². The van der Waals surface area contributed by atoms with Gasteiger partial charge in [0.15, 0.2) is 6.29 Å². The zero-order valence-electron chi connectivity index (χ0n) is 14.8. The number of nitrogens with one attached hydrogen (secondary N) is 1. The molecule has 3 heteroatoms. The molecule has 0 bridgehead atoms. The molecule has 0 unspecified atom stereocenters. The van der Waals surface area contributed by atoms with Gasteiger partial charge in [0.05, 0.1) is 0 Å². The third-order valence-corrected chi connectivity index (χ3v) is 4.44. The molecule has 0 fully saturated rings. The summed E-state index contributed by atoms with van der Waals surface area (Å²) in [5, 5.41) is 5.47. The van der Waals surface area contributed by atoms with Crippen LogP contribution in [0.25, 0.3) is 10.8 Å². The molecule has 0 saturated heterocycles.